The standard InChI is InChI=1S/C16H21NO3S/c1-16(2,3)20-15(19)17-12(9-18)8-11-10-21-14-7-5-4-6-13(11)14/h4-7,10,12,18H,8-9H2,1-3H3,(H,17,19)/t12-/m0/s1. The Morgan fingerprint density at radius 1 is 1.38 bits per heavy atom. The molecule has 2 aromatic rings. The van der Waals surface area contributed by atoms with Gasteiger partial charge < -0.3 is 15.2 Å². The lowest BCUT2D eigenvalue weighted by molar-refractivity contribution is 0.0483. The summed E-state index contributed by atoms with van der Waals surface area (Å²) in [5.41, 5.74) is 0.588. The van der Waals surface area contributed by atoms with E-state index in [0.717, 1.165) is 5.56 Å². The fourth-order valence-electron chi connectivity index (χ4n) is 2.09. The number of aliphatic hydroxyl groups is 1. The van der Waals surface area contributed by atoms with Gasteiger partial charge in [0.05, 0.1) is 12.6 Å². The van der Waals surface area contributed by atoms with Crippen LogP contribution >= 0.6 is 11.3 Å². The zero-order valence-electron chi connectivity index (χ0n) is 12.6. The molecule has 0 bridgehead atoms. The number of benzene rings is 1. The molecule has 1 amide bonds. The van der Waals surface area contributed by atoms with E-state index in [4.69, 9.17) is 4.74 Å². The molecule has 21 heavy (non-hydrogen) atoms. The van der Waals surface area contributed by atoms with Crippen molar-refractivity contribution in [3.63, 3.8) is 0 Å². The van der Waals surface area contributed by atoms with Gasteiger partial charge in [-0.2, -0.15) is 0 Å². The molecule has 2 N–H and O–H groups in total. The van der Waals surface area contributed by atoms with E-state index >= 15 is 0 Å². The fraction of sp³-hybridized carbons (Fsp3) is 0.438. The summed E-state index contributed by atoms with van der Waals surface area (Å²) in [6, 6.07) is 7.78. The molecule has 0 aliphatic carbocycles. The van der Waals surface area contributed by atoms with E-state index < -0.39 is 11.7 Å². The molecular weight excluding hydrogens is 286 g/mol. The molecule has 0 saturated carbocycles. The van der Waals surface area contributed by atoms with Crippen LogP contribution in [-0.2, 0) is 11.2 Å². The normalized spacial score (nSPS) is 13.1. The van der Waals surface area contributed by atoms with Crippen LogP contribution < -0.4 is 5.32 Å². The lowest BCUT2D eigenvalue weighted by Crippen LogP contribution is -2.42. The molecule has 4 nitrogen and oxygen atoms in total. The molecular formula is C16H21NO3S. The van der Waals surface area contributed by atoms with Gasteiger partial charge in [0.15, 0.2) is 0 Å². The largest absolute Gasteiger partial charge is 0.444 e. The first-order valence-corrected chi connectivity index (χ1v) is 7.82. The van der Waals surface area contributed by atoms with Gasteiger partial charge in [0.1, 0.15) is 5.60 Å². The predicted octanol–water partition coefficient (Wildman–Crippen LogP) is 3.33. The smallest absolute Gasteiger partial charge is 0.407 e. The summed E-state index contributed by atoms with van der Waals surface area (Å²) in [4.78, 5) is 11.8. The number of nitrogens with one attached hydrogen (secondary N) is 1. The Morgan fingerprint density at radius 2 is 2.10 bits per heavy atom. The molecule has 0 unspecified atom stereocenters. The van der Waals surface area contributed by atoms with E-state index in [0.29, 0.717) is 6.42 Å². The van der Waals surface area contributed by atoms with Crippen molar-refractivity contribution in [2.75, 3.05) is 6.61 Å². The number of carbonyl (C=O) groups excluding carboxylic acids is 1. The second-order valence-electron chi connectivity index (χ2n) is 5.99. The van der Waals surface area contributed by atoms with Gasteiger partial charge >= 0.3 is 6.09 Å². The molecule has 0 radical (unpaired) electrons. The third-order valence-corrected chi connectivity index (χ3v) is 3.98. The van der Waals surface area contributed by atoms with Crippen molar-refractivity contribution < 1.29 is 14.6 Å². The van der Waals surface area contributed by atoms with Crippen molar-refractivity contribution in [1.82, 2.24) is 5.32 Å². The summed E-state index contributed by atoms with van der Waals surface area (Å²) >= 11 is 1.67. The highest BCUT2D eigenvalue weighted by atomic mass is 32.1. The van der Waals surface area contributed by atoms with Crippen molar-refractivity contribution >= 4 is 27.5 Å². The zero-order valence-corrected chi connectivity index (χ0v) is 13.4. The van der Waals surface area contributed by atoms with Crippen LogP contribution in [0.15, 0.2) is 29.6 Å². The van der Waals surface area contributed by atoms with Crippen molar-refractivity contribution in [2.24, 2.45) is 0 Å². The molecule has 0 aliphatic heterocycles. The number of hydrogen-bond donors (Lipinski definition) is 2. The average Bonchev–Trinajstić information content (AvgIpc) is 2.79. The summed E-state index contributed by atoms with van der Waals surface area (Å²) in [7, 11) is 0. The van der Waals surface area contributed by atoms with Crippen molar-refractivity contribution in [3.8, 4) is 0 Å². The van der Waals surface area contributed by atoms with Gasteiger partial charge in [-0.3, -0.25) is 0 Å². The van der Waals surface area contributed by atoms with Gasteiger partial charge in [-0.05, 0) is 49.6 Å². The average molecular weight is 307 g/mol. The number of rotatable bonds is 4. The first-order valence-electron chi connectivity index (χ1n) is 6.94. The molecule has 1 aromatic heterocycles. The molecule has 2 rings (SSSR count). The Bertz CT molecular complexity index is 615. The quantitative estimate of drug-likeness (QED) is 0.911. The van der Waals surface area contributed by atoms with Crippen LogP contribution in [0, 0.1) is 0 Å². The van der Waals surface area contributed by atoms with E-state index in [1.165, 1.54) is 10.1 Å². The molecule has 0 saturated heterocycles. The van der Waals surface area contributed by atoms with Crippen molar-refractivity contribution in [1.29, 1.82) is 0 Å². The molecule has 0 fully saturated rings. The maximum atomic E-state index is 11.8. The zero-order chi connectivity index (χ0) is 15.5. The van der Waals surface area contributed by atoms with E-state index in [1.54, 1.807) is 11.3 Å². The van der Waals surface area contributed by atoms with Gasteiger partial charge in [-0.15, -0.1) is 11.3 Å². The number of alkyl carbamates (subject to hydrolysis) is 1. The summed E-state index contributed by atoms with van der Waals surface area (Å²) in [5.74, 6) is 0. The first-order chi connectivity index (χ1) is 9.89. The summed E-state index contributed by atoms with van der Waals surface area (Å²) in [5, 5.41) is 15.4. The molecule has 114 valence electrons. The van der Waals surface area contributed by atoms with E-state index in [-0.39, 0.29) is 12.6 Å². The molecule has 0 spiro atoms. The fourth-order valence-corrected chi connectivity index (χ4v) is 3.07. The number of hydrogen-bond acceptors (Lipinski definition) is 4. The van der Waals surface area contributed by atoms with Crippen LogP contribution in [0.4, 0.5) is 4.79 Å². The Labute approximate surface area is 128 Å². The first kappa shape index (κ1) is 15.8. The Balaban J connectivity index is 2.04. The lowest BCUT2D eigenvalue weighted by Gasteiger charge is -2.22. The van der Waals surface area contributed by atoms with Gasteiger partial charge in [0, 0.05) is 4.70 Å². The van der Waals surface area contributed by atoms with Crippen LogP contribution in [0.25, 0.3) is 10.1 Å². The monoisotopic (exact) mass is 307 g/mol. The number of fused-ring (bicyclic) bond motifs is 1. The number of ether oxygens (including phenoxy) is 1. The number of carbonyl (C=O) groups is 1. The van der Waals surface area contributed by atoms with Crippen LogP contribution in [0.3, 0.4) is 0 Å². The molecule has 5 heteroatoms. The van der Waals surface area contributed by atoms with Crippen molar-refractivity contribution in [3.05, 3.63) is 35.2 Å². The number of amides is 1. The second kappa shape index (κ2) is 6.45. The van der Waals surface area contributed by atoms with E-state index in [9.17, 15) is 9.90 Å². The minimum atomic E-state index is -0.542. The Hall–Kier alpha value is -1.59. The third-order valence-electron chi connectivity index (χ3n) is 2.97. The van der Waals surface area contributed by atoms with Crippen LogP contribution in [0.5, 0.6) is 0 Å². The Kier molecular flexibility index (Phi) is 4.85. The Morgan fingerprint density at radius 3 is 2.76 bits per heavy atom. The van der Waals surface area contributed by atoms with E-state index in [1.807, 2.05) is 32.9 Å². The molecule has 1 aromatic carbocycles. The van der Waals surface area contributed by atoms with E-state index in [2.05, 4.69) is 22.8 Å². The van der Waals surface area contributed by atoms with Crippen LogP contribution in [-0.4, -0.2) is 29.4 Å². The number of aliphatic hydroxyl groups excluding tert-OH is 1. The summed E-state index contributed by atoms with van der Waals surface area (Å²) in [6.07, 6.45) is 0.0841. The topological polar surface area (TPSA) is 58.6 Å². The summed E-state index contributed by atoms with van der Waals surface area (Å²) < 4.78 is 6.43. The van der Waals surface area contributed by atoms with Crippen LogP contribution in [0.2, 0.25) is 0 Å². The van der Waals surface area contributed by atoms with Gasteiger partial charge in [-0.1, -0.05) is 18.2 Å². The van der Waals surface area contributed by atoms with Gasteiger partial charge in [0.2, 0.25) is 0 Å². The minimum absolute atomic E-state index is 0.122. The second-order valence-corrected chi connectivity index (χ2v) is 6.90. The summed E-state index contributed by atoms with van der Waals surface area (Å²) in [6.45, 7) is 5.32. The maximum Gasteiger partial charge on any atom is 0.407 e. The van der Waals surface area contributed by atoms with Crippen LogP contribution in [0.1, 0.15) is 26.3 Å². The lowest BCUT2D eigenvalue weighted by atomic mass is 10.1. The van der Waals surface area contributed by atoms with Crippen molar-refractivity contribution in [2.45, 2.75) is 38.8 Å². The molecule has 0 aliphatic rings. The van der Waals surface area contributed by atoms with Gasteiger partial charge in [-0.25, -0.2) is 4.79 Å². The highest BCUT2D eigenvalue weighted by Gasteiger charge is 2.20. The van der Waals surface area contributed by atoms with Gasteiger partial charge in [0.25, 0.3) is 0 Å². The molecule has 1 atom stereocenters. The maximum absolute atomic E-state index is 11.8. The highest BCUT2D eigenvalue weighted by Crippen LogP contribution is 2.26. The molecule has 1 heterocycles. The predicted molar refractivity (Wildman–Crippen MR) is 85.8 cm³/mol. The third kappa shape index (κ3) is 4.44. The number of thiophene rings is 1. The SMILES string of the molecule is CC(C)(C)OC(=O)N[C@H](CO)Cc1csc2ccccc12. The highest BCUT2D eigenvalue weighted by molar-refractivity contribution is 7.17. The minimum Gasteiger partial charge on any atom is -0.444 e.